The summed E-state index contributed by atoms with van der Waals surface area (Å²) < 4.78 is 15.5. The van der Waals surface area contributed by atoms with E-state index < -0.39 is 5.97 Å². The predicted octanol–water partition coefficient (Wildman–Crippen LogP) is 2.92. The monoisotopic (exact) mass is 275 g/mol. The van der Waals surface area contributed by atoms with Crippen LogP contribution in [0.4, 0.5) is 0 Å². The van der Waals surface area contributed by atoms with Crippen molar-refractivity contribution in [2.45, 2.75) is 19.4 Å². The van der Waals surface area contributed by atoms with Gasteiger partial charge in [-0.1, -0.05) is 18.2 Å². The van der Waals surface area contributed by atoms with Gasteiger partial charge >= 0.3 is 5.97 Å². The molecule has 0 aliphatic rings. The summed E-state index contributed by atoms with van der Waals surface area (Å²) in [6.07, 6.45) is 2.01. The van der Waals surface area contributed by atoms with Gasteiger partial charge in [0.15, 0.2) is 5.69 Å². The van der Waals surface area contributed by atoms with E-state index in [4.69, 9.17) is 13.9 Å². The summed E-state index contributed by atoms with van der Waals surface area (Å²) in [5, 5.41) is 0. The Kier molecular flexibility index (Phi) is 4.90. The molecule has 0 saturated carbocycles. The number of ether oxygens (including phenoxy) is 2. The average molecular weight is 275 g/mol. The quantitative estimate of drug-likeness (QED) is 0.758. The maximum absolute atomic E-state index is 11.8. The van der Waals surface area contributed by atoms with Crippen LogP contribution in [0.25, 0.3) is 11.5 Å². The Bertz CT molecular complexity index is 550. The summed E-state index contributed by atoms with van der Waals surface area (Å²) in [5.41, 5.74) is 0.994. The topological polar surface area (TPSA) is 61.6 Å². The second-order valence-electron chi connectivity index (χ2n) is 4.37. The van der Waals surface area contributed by atoms with Crippen molar-refractivity contribution < 1.29 is 18.7 Å². The average Bonchev–Trinajstić information content (AvgIpc) is 2.97. The summed E-state index contributed by atoms with van der Waals surface area (Å²) in [5.74, 6) is -0.0814. The zero-order valence-electron chi connectivity index (χ0n) is 11.5. The minimum atomic E-state index is -0.487. The van der Waals surface area contributed by atoms with Gasteiger partial charge in [0.05, 0.1) is 12.7 Å². The van der Waals surface area contributed by atoms with Gasteiger partial charge in [-0.15, -0.1) is 0 Å². The molecule has 0 spiro atoms. The van der Waals surface area contributed by atoms with Crippen LogP contribution >= 0.6 is 0 Å². The van der Waals surface area contributed by atoms with Crippen molar-refractivity contribution in [1.82, 2.24) is 4.98 Å². The summed E-state index contributed by atoms with van der Waals surface area (Å²) in [6.45, 7) is 2.21. The van der Waals surface area contributed by atoms with Crippen LogP contribution in [-0.2, 0) is 9.47 Å². The molecule has 0 saturated heterocycles. The number of hydrogen-bond donors (Lipinski definition) is 0. The van der Waals surface area contributed by atoms with Crippen molar-refractivity contribution in [2.24, 2.45) is 0 Å². The van der Waals surface area contributed by atoms with Crippen molar-refractivity contribution in [1.29, 1.82) is 0 Å². The Labute approximate surface area is 117 Å². The minimum Gasteiger partial charge on any atom is -0.461 e. The van der Waals surface area contributed by atoms with Gasteiger partial charge in [-0.3, -0.25) is 0 Å². The molecule has 0 bridgehead atoms. The molecule has 2 aromatic rings. The number of aromatic nitrogens is 1. The van der Waals surface area contributed by atoms with E-state index >= 15 is 0 Å². The summed E-state index contributed by atoms with van der Waals surface area (Å²) in [6, 6.07) is 9.38. The number of rotatable bonds is 6. The van der Waals surface area contributed by atoms with E-state index in [0.717, 1.165) is 5.56 Å². The molecule has 0 unspecified atom stereocenters. The van der Waals surface area contributed by atoms with Crippen LogP contribution in [0.5, 0.6) is 0 Å². The molecule has 2 rings (SSSR count). The van der Waals surface area contributed by atoms with Crippen molar-refractivity contribution in [3.8, 4) is 11.5 Å². The summed E-state index contributed by atoms with van der Waals surface area (Å²) in [7, 11) is 1.62. The highest BCUT2D eigenvalue weighted by Crippen LogP contribution is 2.18. The number of methoxy groups -OCH3 is 1. The van der Waals surface area contributed by atoms with E-state index in [1.807, 2.05) is 37.3 Å². The number of oxazole rings is 1. The number of esters is 1. The second kappa shape index (κ2) is 6.86. The van der Waals surface area contributed by atoms with Crippen LogP contribution in [0.2, 0.25) is 0 Å². The van der Waals surface area contributed by atoms with Crippen LogP contribution in [0.15, 0.2) is 41.0 Å². The van der Waals surface area contributed by atoms with Gasteiger partial charge in [0, 0.05) is 19.1 Å². The zero-order chi connectivity index (χ0) is 14.4. The van der Waals surface area contributed by atoms with Crippen LogP contribution in [-0.4, -0.2) is 30.8 Å². The molecule has 0 fully saturated rings. The molecule has 5 nitrogen and oxygen atoms in total. The van der Waals surface area contributed by atoms with Crippen molar-refractivity contribution in [3.05, 3.63) is 42.3 Å². The highest BCUT2D eigenvalue weighted by atomic mass is 16.5. The molecule has 5 heteroatoms. The number of carbonyl (C=O) groups is 1. The lowest BCUT2D eigenvalue weighted by Gasteiger charge is -2.08. The molecule has 0 amide bonds. The molecule has 1 atom stereocenters. The molecule has 1 aromatic carbocycles. The number of benzene rings is 1. The van der Waals surface area contributed by atoms with Gasteiger partial charge in [0.1, 0.15) is 6.26 Å². The summed E-state index contributed by atoms with van der Waals surface area (Å²) >= 11 is 0. The Morgan fingerprint density at radius 3 is 2.80 bits per heavy atom. The van der Waals surface area contributed by atoms with Gasteiger partial charge in [-0.2, -0.15) is 0 Å². The first-order valence-electron chi connectivity index (χ1n) is 6.41. The van der Waals surface area contributed by atoms with Crippen LogP contribution in [0.3, 0.4) is 0 Å². The third-order valence-corrected chi connectivity index (χ3v) is 2.89. The van der Waals surface area contributed by atoms with E-state index in [0.29, 0.717) is 18.9 Å². The van der Waals surface area contributed by atoms with Crippen molar-refractivity contribution >= 4 is 5.97 Å². The second-order valence-corrected chi connectivity index (χ2v) is 4.37. The standard InChI is InChI=1S/C15H17NO4/c1-11(18-2)8-9-19-15(17)13-10-20-14(16-13)12-6-4-3-5-7-12/h3-7,10-11H,8-9H2,1-2H3/t11-/m1/s1. The first-order valence-corrected chi connectivity index (χ1v) is 6.41. The van der Waals surface area contributed by atoms with Gasteiger partial charge in [-0.25, -0.2) is 9.78 Å². The maximum atomic E-state index is 11.8. The maximum Gasteiger partial charge on any atom is 0.360 e. The molecular weight excluding hydrogens is 258 g/mol. The number of hydrogen-bond acceptors (Lipinski definition) is 5. The molecule has 1 heterocycles. The van der Waals surface area contributed by atoms with E-state index in [2.05, 4.69) is 4.98 Å². The third kappa shape index (κ3) is 3.68. The molecule has 20 heavy (non-hydrogen) atoms. The molecular formula is C15H17NO4. The van der Waals surface area contributed by atoms with Crippen LogP contribution < -0.4 is 0 Å². The van der Waals surface area contributed by atoms with Crippen LogP contribution in [0, 0.1) is 0 Å². The fraction of sp³-hybridized carbons (Fsp3) is 0.333. The predicted molar refractivity (Wildman–Crippen MR) is 73.3 cm³/mol. The Morgan fingerprint density at radius 2 is 2.10 bits per heavy atom. The molecule has 0 radical (unpaired) electrons. The van der Waals surface area contributed by atoms with E-state index in [1.54, 1.807) is 7.11 Å². The lowest BCUT2D eigenvalue weighted by molar-refractivity contribution is 0.0385. The lowest BCUT2D eigenvalue weighted by Crippen LogP contribution is -2.13. The third-order valence-electron chi connectivity index (χ3n) is 2.89. The normalized spacial score (nSPS) is 12.1. The molecule has 106 valence electrons. The minimum absolute atomic E-state index is 0.0555. The molecule has 0 aliphatic carbocycles. The fourth-order valence-electron chi connectivity index (χ4n) is 1.59. The Hall–Kier alpha value is -2.14. The lowest BCUT2D eigenvalue weighted by atomic mass is 10.2. The molecule has 0 aliphatic heterocycles. The fourth-order valence-corrected chi connectivity index (χ4v) is 1.59. The van der Waals surface area contributed by atoms with Crippen LogP contribution in [0.1, 0.15) is 23.8 Å². The molecule has 1 aromatic heterocycles. The number of nitrogens with zero attached hydrogens (tertiary/aromatic N) is 1. The Morgan fingerprint density at radius 1 is 1.35 bits per heavy atom. The largest absolute Gasteiger partial charge is 0.461 e. The van der Waals surface area contributed by atoms with Gasteiger partial charge in [0.2, 0.25) is 5.89 Å². The first kappa shape index (κ1) is 14.3. The number of carbonyl (C=O) groups excluding carboxylic acids is 1. The zero-order valence-corrected chi connectivity index (χ0v) is 11.5. The first-order chi connectivity index (χ1) is 9.70. The van der Waals surface area contributed by atoms with Crippen molar-refractivity contribution in [2.75, 3.05) is 13.7 Å². The summed E-state index contributed by atoms with van der Waals surface area (Å²) in [4.78, 5) is 15.9. The highest BCUT2D eigenvalue weighted by Gasteiger charge is 2.14. The Balaban J connectivity index is 1.93. The SMILES string of the molecule is CO[C@H](C)CCOC(=O)c1coc(-c2ccccc2)n1. The van der Waals surface area contributed by atoms with E-state index in [-0.39, 0.29) is 11.8 Å². The highest BCUT2D eigenvalue weighted by molar-refractivity contribution is 5.87. The van der Waals surface area contributed by atoms with Crippen molar-refractivity contribution in [3.63, 3.8) is 0 Å². The van der Waals surface area contributed by atoms with Gasteiger partial charge in [-0.05, 0) is 19.1 Å². The smallest absolute Gasteiger partial charge is 0.360 e. The molecule has 0 N–H and O–H groups in total. The van der Waals surface area contributed by atoms with E-state index in [9.17, 15) is 4.79 Å². The van der Waals surface area contributed by atoms with Gasteiger partial charge < -0.3 is 13.9 Å². The van der Waals surface area contributed by atoms with E-state index in [1.165, 1.54) is 6.26 Å². The van der Waals surface area contributed by atoms with Gasteiger partial charge in [0.25, 0.3) is 0 Å².